The van der Waals surface area contributed by atoms with Crippen molar-refractivity contribution in [2.75, 3.05) is 17.2 Å². The lowest BCUT2D eigenvalue weighted by Crippen LogP contribution is -2.32. The third-order valence-corrected chi connectivity index (χ3v) is 6.93. The lowest BCUT2D eigenvalue weighted by molar-refractivity contribution is 0.632. The lowest BCUT2D eigenvalue weighted by atomic mass is 10.0. The smallest absolute Gasteiger partial charge is 0.266 e. The van der Waals surface area contributed by atoms with Crippen LogP contribution in [0, 0.1) is 18.3 Å². The topological polar surface area (TPSA) is 127 Å². The Morgan fingerprint density at radius 3 is 2.63 bits per heavy atom. The molecule has 186 valence electrons. The van der Waals surface area contributed by atoms with Crippen molar-refractivity contribution in [2.45, 2.75) is 25.8 Å². The summed E-state index contributed by atoms with van der Waals surface area (Å²) >= 11 is 0. The Morgan fingerprint density at radius 1 is 1.03 bits per heavy atom. The number of nitrogen functional groups attached to an aromatic ring is 1. The van der Waals surface area contributed by atoms with E-state index in [0.29, 0.717) is 46.0 Å². The summed E-state index contributed by atoms with van der Waals surface area (Å²) in [6.07, 6.45) is 5.04. The molecule has 6 rings (SSSR count). The van der Waals surface area contributed by atoms with Gasteiger partial charge in [0.15, 0.2) is 5.82 Å². The molecule has 9 heteroatoms. The van der Waals surface area contributed by atoms with E-state index in [1.54, 1.807) is 23.9 Å². The second-order valence-electron chi connectivity index (χ2n) is 9.22. The van der Waals surface area contributed by atoms with Crippen molar-refractivity contribution in [1.82, 2.24) is 24.5 Å². The maximum Gasteiger partial charge on any atom is 0.266 e. The Bertz CT molecular complexity index is 1760. The highest BCUT2D eigenvalue weighted by molar-refractivity contribution is 5.94. The summed E-state index contributed by atoms with van der Waals surface area (Å²) in [5, 5.41) is 10.4. The third-order valence-electron chi connectivity index (χ3n) is 6.93. The van der Waals surface area contributed by atoms with E-state index in [4.69, 9.17) is 10.7 Å². The molecule has 1 aliphatic rings. The Morgan fingerprint density at radius 2 is 1.87 bits per heavy atom. The van der Waals surface area contributed by atoms with E-state index >= 15 is 0 Å². The monoisotopic (exact) mass is 500 g/mol. The zero-order valence-corrected chi connectivity index (χ0v) is 20.7. The van der Waals surface area contributed by atoms with Crippen LogP contribution in [0.5, 0.6) is 0 Å². The van der Waals surface area contributed by atoms with E-state index in [-0.39, 0.29) is 17.5 Å². The molecule has 0 bridgehead atoms. The van der Waals surface area contributed by atoms with E-state index in [2.05, 4.69) is 21.0 Å². The minimum atomic E-state index is -0.296. The van der Waals surface area contributed by atoms with Crippen LogP contribution in [-0.4, -0.2) is 31.0 Å². The van der Waals surface area contributed by atoms with Gasteiger partial charge in [0, 0.05) is 24.5 Å². The summed E-state index contributed by atoms with van der Waals surface area (Å²) in [4.78, 5) is 34.4. The average Bonchev–Trinajstić information content (AvgIpc) is 3.43. The molecule has 1 aliphatic heterocycles. The predicted octanol–water partition coefficient (Wildman–Crippen LogP) is 4.34. The Labute approximate surface area is 218 Å². The minimum Gasteiger partial charge on any atom is -0.368 e. The van der Waals surface area contributed by atoms with Crippen LogP contribution >= 0.6 is 0 Å². The maximum atomic E-state index is 14.4. The van der Waals surface area contributed by atoms with Crippen LogP contribution < -0.4 is 16.2 Å². The minimum absolute atomic E-state index is 0.107. The second kappa shape index (κ2) is 9.41. The molecule has 0 spiro atoms. The molecule has 0 radical (unpaired) electrons. The van der Waals surface area contributed by atoms with E-state index in [9.17, 15) is 10.1 Å². The molecule has 1 atom stereocenters. The molecule has 2 N–H and O–H groups in total. The first-order chi connectivity index (χ1) is 18.6. The SMILES string of the molecule is Cc1nc(N)nc(N2CCCC2c2nc3cccc(-c4cccnc4)c3c(=O)n2-c2ccccc2)c1C#N. The first kappa shape index (κ1) is 23.3. The molecule has 9 nitrogen and oxygen atoms in total. The van der Waals surface area contributed by atoms with Crippen molar-refractivity contribution < 1.29 is 0 Å². The fraction of sp³-hybridized carbons (Fsp3) is 0.172. The fourth-order valence-electron chi connectivity index (χ4n) is 5.27. The van der Waals surface area contributed by atoms with Crippen molar-refractivity contribution in [3.8, 4) is 22.9 Å². The number of anilines is 2. The van der Waals surface area contributed by atoms with Gasteiger partial charge in [-0.15, -0.1) is 0 Å². The van der Waals surface area contributed by atoms with Gasteiger partial charge in [-0.25, -0.2) is 9.97 Å². The standard InChI is InChI=1S/C29H24N8O/c1-18-22(16-30)26(35-29(31)33-18)36-15-7-13-24(36)27-34-23-12-5-11-21(19-8-6-14-32-17-19)25(23)28(38)37(27)20-9-3-2-4-10-20/h2-6,8-12,14,17,24H,7,13,15H2,1H3,(H2,31,33,35). The molecular weight excluding hydrogens is 476 g/mol. The summed E-state index contributed by atoms with van der Waals surface area (Å²) < 4.78 is 1.69. The van der Waals surface area contributed by atoms with Gasteiger partial charge >= 0.3 is 0 Å². The first-order valence-electron chi connectivity index (χ1n) is 12.4. The molecule has 0 saturated carbocycles. The van der Waals surface area contributed by atoms with Crippen LogP contribution in [0.1, 0.15) is 36.0 Å². The summed E-state index contributed by atoms with van der Waals surface area (Å²) in [7, 11) is 0. The molecule has 3 aromatic heterocycles. The van der Waals surface area contributed by atoms with Crippen LogP contribution in [0.4, 0.5) is 11.8 Å². The van der Waals surface area contributed by atoms with Gasteiger partial charge < -0.3 is 10.6 Å². The number of aryl methyl sites for hydroxylation is 1. The van der Waals surface area contributed by atoms with Crippen molar-refractivity contribution in [3.05, 3.63) is 100 Å². The highest BCUT2D eigenvalue weighted by Gasteiger charge is 2.34. The third kappa shape index (κ3) is 3.83. The Balaban J connectivity index is 1.63. The highest BCUT2D eigenvalue weighted by Crippen LogP contribution is 2.38. The van der Waals surface area contributed by atoms with Crippen LogP contribution in [0.3, 0.4) is 0 Å². The zero-order chi connectivity index (χ0) is 26.2. The van der Waals surface area contributed by atoms with Crippen molar-refractivity contribution >= 4 is 22.7 Å². The number of pyridine rings is 1. The molecular formula is C29H24N8O. The Kier molecular flexibility index (Phi) is 5.77. The number of hydrogen-bond acceptors (Lipinski definition) is 8. The van der Waals surface area contributed by atoms with Gasteiger partial charge in [-0.1, -0.05) is 36.4 Å². The van der Waals surface area contributed by atoms with E-state index in [1.165, 1.54) is 0 Å². The average molecular weight is 501 g/mol. The van der Waals surface area contributed by atoms with E-state index in [0.717, 1.165) is 24.0 Å². The van der Waals surface area contributed by atoms with Gasteiger partial charge in [-0.3, -0.25) is 14.3 Å². The van der Waals surface area contributed by atoms with Gasteiger partial charge in [0.25, 0.3) is 5.56 Å². The molecule has 1 unspecified atom stereocenters. The van der Waals surface area contributed by atoms with Gasteiger partial charge in [0.05, 0.1) is 28.3 Å². The highest BCUT2D eigenvalue weighted by atomic mass is 16.1. The maximum absolute atomic E-state index is 14.4. The second-order valence-corrected chi connectivity index (χ2v) is 9.22. The largest absolute Gasteiger partial charge is 0.368 e. The molecule has 2 aromatic carbocycles. The summed E-state index contributed by atoms with van der Waals surface area (Å²) in [5.74, 6) is 1.17. The van der Waals surface area contributed by atoms with Gasteiger partial charge in [-0.05, 0) is 49.6 Å². The molecule has 0 aliphatic carbocycles. The van der Waals surface area contributed by atoms with Crippen LogP contribution in [0.15, 0.2) is 77.9 Å². The zero-order valence-electron chi connectivity index (χ0n) is 20.7. The van der Waals surface area contributed by atoms with Crippen LogP contribution in [0.25, 0.3) is 27.7 Å². The predicted molar refractivity (Wildman–Crippen MR) is 146 cm³/mol. The van der Waals surface area contributed by atoms with E-state index in [1.807, 2.05) is 65.6 Å². The number of nitriles is 1. The number of para-hydroxylation sites is 1. The van der Waals surface area contributed by atoms with Crippen molar-refractivity contribution in [1.29, 1.82) is 5.26 Å². The number of benzene rings is 2. The van der Waals surface area contributed by atoms with Crippen molar-refractivity contribution in [2.24, 2.45) is 0 Å². The fourth-order valence-corrected chi connectivity index (χ4v) is 5.27. The number of aromatic nitrogens is 5. The number of rotatable bonds is 4. The number of nitrogens with zero attached hydrogens (tertiary/aromatic N) is 7. The molecule has 38 heavy (non-hydrogen) atoms. The summed E-state index contributed by atoms with van der Waals surface area (Å²) in [5.41, 5.74) is 9.66. The van der Waals surface area contributed by atoms with Gasteiger partial charge in [0.2, 0.25) is 5.95 Å². The summed E-state index contributed by atoms with van der Waals surface area (Å²) in [6.45, 7) is 2.40. The summed E-state index contributed by atoms with van der Waals surface area (Å²) in [6, 6.07) is 20.9. The molecule has 1 saturated heterocycles. The van der Waals surface area contributed by atoms with Crippen LogP contribution in [-0.2, 0) is 0 Å². The quantitative estimate of drug-likeness (QED) is 0.386. The molecule has 4 heterocycles. The van der Waals surface area contributed by atoms with Gasteiger partial charge in [0.1, 0.15) is 17.5 Å². The molecule has 5 aromatic rings. The van der Waals surface area contributed by atoms with Crippen molar-refractivity contribution in [3.63, 3.8) is 0 Å². The number of fused-ring (bicyclic) bond motifs is 1. The van der Waals surface area contributed by atoms with Gasteiger partial charge in [-0.2, -0.15) is 10.2 Å². The normalized spacial score (nSPS) is 15.1. The lowest BCUT2D eigenvalue weighted by Gasteiger charge is -2.28. The Hall–Kier alpha value is -5.10. The van der Waals surface area contributed by atoms with E-state index < -0.39 is 0 Å². The number of hydrogen-bond donors (Lipinski definition) is 1. The first-order valence-corrected chi connectivity index (χ1v) is 12.4. The number of nitrogens with two attached hydrogens (primary N) is 1. The van der Waals surface area contributed by atoms with Crippen LogP contribution in [0.2, 0.25) is 0 Å². The molecule has 1 fully saturated rings. The molecule has 0 amide bonds.